The van der Waals surface area contributed by atoms with E-state index in [0.29, 0.717) is 6.54 Å². The summed E-state index contributed by atoms with van der Waals surface area (Å²) in [6, 6.07) is 8.24. The molecule has 17 heavy (non-hydrogen) atoms. The Morgan fingerprint density at radius 3 is 2.47 bits per heavy atom. The van der Waals surface area contributed by atoms with Gasteiger partial charge < -0.3 is 10.5 Å². The minimum atomic E-state index is 0.0451. The minimum absolute atomic E-state index is 0.0451. The lowest BCUT2D eigenvalue weighted by molar-refractivity contribution is 0.0346. The van der Waals surface area contributed by atoms with Crippen LogP contribution in [0.25, 0.3) is 0 Å². The van der Waals surface area contributed by atoms with E-state index in [4.69, 9.17) is 10.5 Å². The van der Waals surface area contributed by atoms with Crippen LogP contribution in [0.3, 0.4) is 0 Å². The maximum atomic E-state index is 5.96. The molecule has 1 atom stereocenters. The van der Waals surface area contributed by atoms with Gasteiger partial charge in [-0.1, -0.05) is 40.9 Å². The van der Waals surface area contributed by atoms with Crippen molar-refractivity contribution in [1.29, 1.82) is 0 Å². The molecule has 0 spiro atoms. The van der Waals surface area contributed by atoms with Crippen molar-refractivity contribution in [2.75, 3.05) is 13.2 Å². The van der Waals surface area contributed by atoms with Crippen molar-refractivity contribution in [3.63, 3.8) is 0 Å². The Balaban J connectivity index is 1.89. The van der Waals surface area contributed by atoms with E-state index in [2.05, 4.69) is 28.1 Å². The van der Waals surface area contributed by atoms with E-state index < -0.39 is 0 Å². The van der Waals surface area contributed by atoms with Gasteiger partial charge in [-0.05, 0) is 36.5 Å². The highest BCUT2D eigenvalue weighted by atomic mass is 79.9. The molecule has 1 fully saturated rings. The highest BCUT2D eigenvalue weighted by Crippen LogP contribution is 2.27. The summed E-state index contributed by atoms with van der Waals surface area (Å²) in [5, 5.41) is 0. The van der Waals surface area contributed by atoms with Gasteiger partial charge in [0.25, 0.3) is 0 Å². The fraction of sp³-hybridized carbons (Fsp3) is 0.571. The first-order valence-electron chi connectivity index (χ1n) is 6.36. The first-order chi connectivity index (χ1) is 8.29. The lowest BCUT2D eigenvalue weighted by Crippen LogP contribution is -2.18. The van der Waals surface area contributed by atoms with Crippen LogP contribution in [0.1, 0.15) is 37.4 Å². The first-order valence-corrected chi connectivity index (χ1v) is 7.16. The zero-order valence-corrected chi connectivity index (χ0v) is 11.7. The molecule has 2 nitrogen and oxygen atoms in total. The standard InChI is InChI=1S/C14H20BrNO/c15-13-7-5-12(6-8-13)14(9-16)17-10-11-3-1-2-4-11/h5-8,11,14H,1-4,9-10,16H2. The normalized spacial score (nSPS) is 18.5. The van der Waals surface area contributed by atoms with E-state index in [1.807, 2.05) is 12.1 Å². The second-order valence-electron chi connectivity index (χ2n) is 4.76. The molecule has 0 radical (unpaired) electrons. The summed E-state index contributed by atoms with van der Waals surface area (Å²) in [4.78, 5) is 0. The minimum Gasteiger partial charge on any atom is -0.372 e. The smallest absolute Gasteiger partial charge is 0.0947 e. The fourth-order valence-electron chi connectivity index (χ4n) is 2.41. The fourth-order valence-corrected chi connectivity index (χ4v) is 2.67. The maximum Gasteiger partial charge on any atom is 0.0947 e. The number of hydrogen-bond donors (Lipinski definition) is 1. The Kier molecular flexibility index (Phi) is 5.01. The quantitative estimate of drug-likeness (QED) is 0.900. The van der Waals surface area contributed by atoms with Crippen molar-refractivity contribution in [3.05, 3.63) is 34.3 Å². The topological polar surface area (TPSA) is 35.2 Å². The van der Waals surface area contributed by atoms with Crippen LogP contribution in [-0.2, 0) is 4.74 Å². The second kappa shape index (κ2) is 6.53. The molecule has 1 aliphatic rings. The third kappa shape index (κ3) is 3.80. The third-order valence-corrected chi connectivity index (χ3v) is 3.99. The summed E-state index contributed by atoms with van der Waals surface area (Å²) in [6.45, 7) is 1.41. The molecule has 2 N–H and O–H groups in total. The van der Waals surface area contributed by atoms with E-state index in [9.17, 15) is 0 Å². The summed E-state index contributed by atoms with van der Waals surface area (Å²) < 4.78 is 7.05. The van der Waals surface area contributed by atoms with Gasteiger partial charge in [0, 0.05) is 11.0 Å². The van der Waals surface area contributed by atoms with Crippen molar-refractivity contribution in [1.82, 2.24) is 0 Å². The van der Waals surface area contributed by atoms with Crippen LogP contribution in [0.5, 0.6) is 0 Å². The van der Waals surface area contributed by atoms with Crippen LogP contribution in [0.2, 0.25) is 0 Å². The summed E-state index contributed by atoms with van der Waals surface area (Å²) in [5.41, 5.74) is 6.97. The number of benzene rings is 1. The summed E-state index contributed by atoms with van der Waals surface area (Å²) >= 11 is 3.44. The SMILES string of the molecule is NCC(OCC1CCCC1)c1ccc(Br)cc1. The third-order valence-electron chi connectivity index (χ3n) is 3.46. The number of rotatable bonds is 5. The molecule has 2 rings (SSSR count). The van der Waals surface area contributed by atoms with Crippen LogP contribution in [0.4, 0.5) is 0 Å². The predicted octanol–water partition coefficient (Wildman–Crippen LogP) is 3.66. The van der Waals surface area contributed by atoms with Gasteiger partial charge in [-0.2, -0.15) is 0 Å². The summed E-state index contributed by atoms with van der Waals surface area (Å²) in [7, 11) is 0. The zero-order valence-electron chi connectivity index (χ0n) is 10.1. The van der Waals surface area contributed by atoms with Gasteiger partial charge in [-0.3, -0.25) is 0 Å². The van der Waals surface area contributed by atoms with E-state index in [1.54, 1.807) is 0 Å². The lowest BCUT2D eigenvalue weighted by Gasteiger charge is -2.19. The van der Waals surface area contributed by atoms with Crippen LogP contribution in [0, 0.1) is 5.92 Å². The number of halogens is 1. The van der Waals surface area contributed by atoms with Gasteiger partial charge in [-0.15, -0.1) is 0 Å². The molecule has 0 amide bonds. The molecule has 0 bridgehead atoms. The summed E-state index contributed by atoms with van der Waals surface area (Å²) in [6.07, 6.45) is 5.40. The van der Waals surface area contributed by atoms with Crippen LogP contribution in [0.15, 0.2) is 28.7 Å². The summed E-state index contributed by atoms with van der Waals surface area (Å²) in [5.74, 6) is 0.750. The van der Waals surface area contributed by atoms with E-state index in [-0.39, 0.29) is 6.10 Å². The molecule has 94 valence electrons. The van der Waals surface area contributed by atoms with Gasteiger partial charge in [-0.25, -0.2) is 0 Å². The molecule has 0 saturated heterocycles. The molecule has 1 aromatic rings. The molecule has 1 aromatic carbocycles. The van der Waals surface area contributed by atoms with Crippen LogP contribution in [-0.4, -0.2) is 13.2 Å². The highest BCUT2D eigenvalue weighted by molar-refractivity contribution is 9.10. The predicted molar refractivity (Wildman–Crippen MR) is 73.8 cm³/mol. The largest absolute Gasteiger partial charge is 0.372 e. The number of nitrogens with two attached hydrogens (primary N) is 1. The second-order valence-corrected chi connectivity index (χ2v) is 5.68. The molecule has 0 aromatic heterocycles. The van der Waals surface area contributed by atoms with Crippen molar-refractivity contribution in [2.45, 2.75) is 31.8 Å². The Morgan fingerprint density at radius 2 is 1.88 bits per heavy atom. The van der Waals surface area contributed by atoms with Gasteiger partial charge in [0.05, 0.1) is 12.7 Å². The Hall–Kier alpha value is -0.380. The highest BCUT2D eigenvalue weighted by Gasteiger charge is 2.18. The average Bonchev–Trinajstić information content (AvgIpc) is 2.85. The van der Waals surface area contributed by atoms with E-state index in [0.717, 1.165) is 17.0 Å². The molecular formula is C14H20BrNO. The maximum absolute atomic E-state index is 5.96. The number of hydrogen-bond acceptors (Lipinski definition) is 2. The van der Waals surface area contributed by atoms with E-state index in [1.165, 1.54) is 31.2 Å². The molecule has 0 aliphatic heterocycles. The monoisotopic (exact) mass is 297 g/mol. The number of ether oxygens (including phenoxy) is 1. The van der Waals surface area contributed by atoms with Crippen LogP contribution >= 0.6 is 15.9 Å². The average molecular weight is 298 g/mol. The molecule has 1 unspecified atom stereocenters. The van der Waals surface area contributed by atoms with Gasteiger partial charge in [0.2, 0.25) is 0 Å². The molecule has 0 heterocycles. The Bertz CT molecular complexity index is 333. The zero-order chi connectivity index (χ0) is 12.1. The first kappa shape index (κ1) is 13.1. The Morgan fingerprint density at radius 1 is 1.24 bits per heavy atom. The van der Waals surface area contributed by atoms with Crippen LogP contribution < -0.4 is 5.73 Å². The van der Waals surface area contributed by atoms with Gasteiger partial charge >= 0.3 is 0 Å². The van der Waals surface area contributed by atoms with Crippen molar-refractivity contribution < 1.29 is 4.74 Å². The molecular weight excluding hydrogens is 278 g/mol. The molecule has 1 saturated carbocycles. The Labute approximate surface area is 112 Å². The van der Waals surface area contributed by atoms with Crippen molar-refractivity contribution in [2.24, 2.45) is 11.7 Å². The lowest BCUT2D eigenvalue weighted by atomic mass is 10.1. The molecule has 3 heteroatoms. The van der Waals surface area contributed by atoms with Gasteiger partial charge in [0.1, 0.15) is 0 Å². The van der Waals surface area contributed by atoms with Gasteiger partial charge in [0.15, 0.2) is 0 Å². The molecule has 1 aliphatic carbocycles. The van der Waals surface area contributed by atoms with Crippen molar-refractivity contribution in [3.8, 4) is 0 Å². The van der Waals surface area contributed by atoms with E-state index >= 15 is 0 Å². The van der Waals surface area contributed by atoms with Crippen molar-refractivity contribution >= 4 is 15.9 Å².